The quantitative estimate of drug-likeness (QED) is 0.410. The Morgan fingerprint density at radius 3 is 1.40 bits per heavy atom. The van der Waals surface area contributed by atoms with Crippen molar-refractivity contribution in [3.05, 3.63) is 84.4 Å². The third-order valence-electron chi connectivity index (χ3n) is 3.40. The first-order valence-corrected chi connectivity index (χ1v) is 7.74. The normalized spacial score (nSPS) is 9.68. The number of pyridine rings is 2. The molecular weight excluding hydrogens is 491 g/mol. The second-order valence-corrected chi connectivity index (χ2v) is 5.49. The summed E-state index contributed by atoms with van der Waals surface area (Å²) in [6.07, 6.45) is 7.26. The number of hydrogen-bond acceptors (Lipinski definition) is 2. The zero-order valence-electron chi connectivity index (χ0n) is 14.0. The molecule has 4 rings (SSSR count). The molecule has 25 heavy (non-hydrogen) atoms. The molecule has 0 aromatic carbocycles. The largest absolute Gasteiger partial charge is 2.00 e. The van der Waals surface area contributed by atoms with Crippen LogP contribution >= 0.6 is 0 Å². The van der Waals surface area contributed by atoms with Crippen LogP contribution in [0.15, 0.2) is 73.3 Å². The molecule has 128 valence electrons. The second kappa shape index (κ2) is 9.14. The fourth-order valence-corrected chi connectivity index (χ4v) is 2.23. The molecular formula is C20H18N4Pt. The summed E-state index contributed by atoms with van der Waals surface area (Å²) in [6, 6.07) is 15.7. The molecule has 4 nitrogen and oxygen atoms in total. The zero-order valence-corrected chi connectivity index (χ0v) is 16.3. The van der Waals surface area contributed by atoms with E-state index in [1.807, 2.05) is 74.8 Å². The first-order valence-electron chi connectivity index (χ1n) is 7.74. The zero-order chi connectivity index (χ0) is 16.8. The van der Waals surface area contributed by atoms with E-state index in [0.717, 1.165) is 22.8 Å². The summed E-state index contributed by atoms with van der Waals surface area (Å²) < 4.78 is 0. The van der Waals surface area contributed by atoms with Crippen LogP contribution in [0.1, 0.15) is 11.1 Å². The van der Waals surface area contributed by atoms with Crippen LogP contribution in [0.5, 0.6) is 0 Å². The standard InChI is InChI=1S/2C10H9N2.Pt/c2*1-8-6-10(12-7-8)9-4-2-3-5-11-9;/h2*2-7H,1H3;/q2*-1;+2. The van der Waals surface area contributed by atoms with Gasteiger partial charge in [-0.2, -0.15) is 12.4 Å². The van der Waals surface area contributed by atoms with Gasteiger partial charge in [-0.1, -0.05) is 35.4 Å². The Bertz CT molecular complexity index is 806. The van der Waals surface area contributed by atoms with Crippen molar-refractivity contribution in [2.75, 3.05) is 0 Å². The van der Waals surface area contributed by atoms with Crippen LogP contribution in [0.25, 0.3) is 22.8 Å². The second-order valence-electron chi connectivity index (χ2n) is 5.49. The van der Waals surface area contributed by atoms with Gasteiger partial charge in [-0.15, -0.1) is 11.4 Å². The Hall–Kier alpha value is -2.45. The number of aromatic nitrogens is 4. The van der Waals surface area contributed by atoms with Crippen molar-refractivity contribution in [3.8, 4) is 22.8 Å². The number of hydrogen-bond donors (Lipinski definition) is 0. The summed E-state index contributed by atoms with van der Waals surface area (Å²) in [7, 11) is 0. The van der Waals surface area contributed by atoms with Gasteiger partial charge in [0.1, 0.15) is 0 Å². The van der Waals surface area contributed by atoms with Crippen LogP contribution in [0.4, 0.5) is 0 Å². The van der Waals surface area contributed by atoms with Gasteiger partial charge in [0.15, 0.2) is 0 Å². The third kappa shape index (κ3) is 5.26. The molecule has 0 bridgehead atoms. The molecule has 0 radical (unpaired) electrons. The minimum atomic E-state index is 0. The van der Waals surface area contributed by atoms with Gasteiger partial charge in [0.25, 0.3) is 0 Å². The summed E-state index contributed by atoms with van der Waals surface area (Å²) in [5.74, 6) is 0. The van der Waals surface area contributed by atoms with E-state index in [0.29, 0.717) is 0 Å². The molecule has 0 unspecified atom stereocenters. The number of aryl methyl sites for hydroxylation is 2. The third-order valence-corrected chi connectivity index (χ3v) is 3.40. The van der Waals surface area contributed by atoms with Gasteiger partial charge in [-0.05, 0) is 38.1 Å². The van der Waals surface area contributed by atoms with E-state index in [1.165, 1.54) is 11.1 Å². The molecule has 0 saturated heterocycles. The molecule has 0 atom stereocenters. The molecule has 4 heterocycles. The van der Waals surface area contributed by atoms with Gasteiger partial charge in [0.2, 0.25) is 0 Å². The summed E-state index contributed by atoms with van der Waals surface area (Å²) in [5, 5.41) is 0. The fourth-order valence-electron chi connectivity index (χ4n) is 2.23. The van der Waals surface area contributed by atoms with Gasteiger partial charge >= 0.3 is 21.1 Å². The minimum absolute atomic E-state index is 0. The molecule has 0 amide bonds. The van der Waals surface area contributed by atoms with Crippen molar-refractivity contribution in [1.29, 1.82) is 0 Å². The number of rotatable bonds is 2. The smallest absolute Gasteiger partial charge is 0.662 e. The van der Waals surface area contributed by atoms with Gasteiger partial charge in [0, 0.05) is 23.8 Å². The van der Waals surface area contributed by atoms with E-state index in [1.54, 1.807) is 12.4 Å². The van der Waals surface area contributed by atoms with E-state index >= 15 is 0 Å². The first kappa shape index (κ1) is 18.9. The Labute approximate surface area is 162 Å². The molecule has 0 saturated carbocycles. The van der Waals surface area contributed by atoms with Gasteiger partial charge in [-0.3, -0.25) is 9.97 Å². The summed E-state index contributed by atoms with van der Waals surface area (Å²) >= 11 is 0. The monoisotopic (exact) mass is 509 g/mol. The van der Waals surface area contributed by atoms with Crippen molar-refractivity contribution in [2.24, 2.45) is 0 Å². The molecule has 0 aliphatic carbocycles. The SMILES string of the molecule is Cc1c[n-]c(-c2ccccn2)c1.Cc1c[n-]c(-c2ccccn2)c1.[Pt+2]. The molecule has 4 aromatic rings. The van der Waals surface area contributed by atoms with Crippen molar-refractivity contribution >= 4 is 0 Å². The van der Waals surface area contributed by atoms with E-state index in [-0.39, 0.29) is 21.1 Å². The maximum absolute atomic E-state index is 4.22. The maximum Gasteiger partial charge on any atom is 2.00 e. The average molecular weight is 509 g/mol. The van der Waals surface area contributed by atoms with Gasteiger partial charge in [0.05, 0.1) is 0 Å². The van der Waals surface area contributed by atoms with Crippen molar-refractivity contribution < 1.29 is 21.1 Å². The Morgan fingerprint density at radius 1 is 0.680 bits per heavy atom. The average Bonchev–Trinajstić information content (AvgIpc) is 3.26. The molecule has 0 fully saturated rings. The molecule has 4 aromatic heterocycles. The van der Waals surface area contributed by atoms with Crippen LogP contribution in [0.3, 0.4) is 0 Å². The predicted octanol–water partition coefficient (Wildman–Crippen LogP) is 4.03. The van der Waals surface area contributed by atoms with Gasteiger partial charge in [-0.25, -0.2) is 0 Å². The Kier molecular flexibility index (Phi) is 6.90. The summed E-state index contributed by atoms with van der Waals surface area (Å²) in [6.45, 7) is 4.05. The van der Waals surface area contributed by atoms with E-state index in [2.05, 4.69) is 19.9 Å². The van der Waals surface area contributed by atoms with Crippen LogP contribution in [-0.4, -0.2) is 9.97 Å². The molecule has 0 N–H and O–H groups in total. The molecule has 0 aliphatic heterocycles. The van der Waals surface area contributed by atoms with E-state index in [4.69, 9.17) is 0 Å². The van der Waals surface area contributed by atoms with E-state index in [9.17, 15) is 0 Å². The van der Waals surface area contributed by atoms with Crippen LogP contribution in [0, 0.1) is 13.8 Å². The van der Waals surface area contributed by atoms with Crippen molar-refractivity contribution in [3.63, 3.8) is 0 Å². The Morgan fingerprint density at radius 2 is 1.12 bits per heavy atom. The van der Waals surface area contributed by atoms with Gasteiger partial charge < -0.3 is 9.97 Å². The topological polar surface area (TPSA) is 54.0 Å². The molecule has 5 heteroatoms. The van der Waals surface area contributed by atoms with E-state index < -0.39 is 0 Å². The summed E-state index contributed by atoms with van der Waals surface area (Å²) in [5.41, 5.74) is 6.13. The Balaban J connectivity index is 0.000000173. The van der Waals surface area contributed by atoms with Crippen LogP contribution in [-0.2, 0) is 21.1 Å². The first-order chi connectivity index (χ1) is 11.7. The molecule has 0 spiro atoms. The van der Waals surface area contributed by atoms with Crippen molar-refractivity contribution in [2.45, 2.75) is 13.8 Å². The predicted molar refractivity (Wildman–Crippen MR) is 95.5 cm³/mol. The van der Waals surface area contributed by atoms with Crippen LogP contribution < -0.4 is 9.97 Å². The van der Waals surface area contributed by atoms with Crippen molar-refractivity contribution in [1.82, 2.24) is 19.9 Å². The van der Waals surface area contributed by atoms with Crippen LogP contribution in [0.2, 0.25) is 0 Å². The minimum Gasteiger partial charge on any atom is -0.662 e. The number of nitrogens with zero attached hydrogens (tertiary/aromatic N) is 4. The fraction of sp³-hybridized carbons (Fsp3) is 0.100. The molecule has 0 aliphatic rings. The summed E-state index contributed by atoms with van der Waals surface area (Å²) in [4.78, 5) is 16.8. The maximum atomic E-state index is 4.22.